The fourth-order valence-electron chi connectivity index (χ4n) is 3.05. The van der Waals surface area contributed by atoms with Gasteiger partial charge in [-0.25, -0.2) is 4.98 Å². The van der Waals surface area contributed by atoms with Crippen molar-refractivity contribution in [1.82, 2.24) is 9.88 Å². The van der Waals surface area contributed by atoms with E-state index < -0.39 is 0 Å². The zero-order chi connectivity index (χ0) is 14.8. The molecule has 0 saturated carbocycles. The van der Waals surface area contributed by atoms with Crippen molar-refractivity contribution in [2.45, 2.75) is 32.2 Å². The molecule has 2 unspecified atom stereocenters. The Kier molecular flexibility index (Phi) is 4.22. The van der Waals surface area contributed by atoms with Crippen LogP contribution in [-0.4, -0.2) is 34.9 Å². The zero-order valence-electron chi connectivity index (χ0n) is 12.3. The average molecular weight is 303 g/mol. The van der Waals surface area contributed by atoms with E-state index in [2.05, 4.69) is 18.0 Å². The van der Waals surface area contributed by atoms with Gasteiger partial charge in [0.25, 0.3) is 0 Å². The molecule has 21 heavy (non-hydrogen) atoms. The number of rotatable bonds is 4. The van der Waals surface area contributed by atoms with Crippen molar-refractivity contribution in [3.8, 4) is 0 Å². The number of aromatic nitrogens is 1. The molecule has 0 spiro atoms. The second kappa shape index (κ2) is 6.12. The molecule has 1 aromatic heterocycles. The van der Waals surface area contributed by atoms with Gasteiger partial charge in [0.05, 0.1) is 15.2 Å². The summed E-state index contributed by atoms with van der Waals surface area (Å²) in [6, 6.07) is 8.43. The number of hydrogen-bond acceptors (Lipinski definition) is 4. The molecule has 1 aromatic carbocycles. The van der Waals surface area contributed by atoms with Crippen molar-refractivity contribution >= 4 is 27.5 Å². The zero-order valence-corrected chi connectivity index (χ0v) is 13.1. The van der Waals surface area contributed by atoms with Gasteiger partial charge in [0.2, 0.25) is 5.91 Å². The Morgan fingerprint density at radius 2 is 2.29 bits per heavy atom. The Bertz CT molecular complexity index is 606. The van der Waals surface area contributed by atoms with Crippen LogP contribution in [0.4, 0.5) is 0 Å². The smallest absolute Gasteiger partial charge is 0.223 e. The van der Waals surface area contributed by atoms with Crippen molar-refractivity contribution in [3.63, 3.8) is 0 Å². The summed E-state index contributed by atoms with van der Waals surface area (Å²) in [5.74, 6) is 0.698. The van der Waals surface area contributed by atoms with E-state index in [-0.39, 0.29) is 5.91 Å². The van der Waals surface area contributed by atoms with Crippen molar-refractivity contribution < 1.29 is 4.79 Å². The minimum atomic E-state index is 0.234. The minimum Gasteiger partial charge on any atom is -0.340 e. The molecule has 1 saturated heterocycles. The number of nitrogens with two attached hydrogens (primary N) is 1. The van der Waals surface area contributed by atoms with Gasteiger partial charge in [-0.1, -0.05) is 12.1 Å². The highest BCUT2D eigenvalue weighted by Crippen LogP contribution is 2.25. The Balaban J connectivity index is 1.60. The van der Waals surface area contributed by atoms with E-state index in [0.29, 0.717) is 24.9 Å². The number of hydrogen-bond donors (Lipinski definition) is 1. The van der Waals surface area contributed by atoms with Gasteiger partial charge in [-0.3, -0.25) is 4.79 Å². The quantitative estimate of drug-likeness (QED) is 0.943. The molecule has 2 aromatic rings. The molecule has 1 amide bonds. The van der Waals surface area contributed by atoms with Gasteiger partial charge in [-0.05, 0) is 37.9 Å². The predicted octanol–water partition coefficient (Wildman–Crippen LogP) is 2.42. The van der Waals surface area contributed by atoms with E-state index >= 15 is 0 Å². The van der Waals surface area contributed by atoms with Crippen LogP contribution in [0.2, 0.25) is 0 Å². The first-order valence-corrected chi connectivity index (χ1v) is 8.33. The Morgan fingerprint density at radius 3 is 3.00 bits per heavy atom. The van der Waals surface area contributed by atoms with Crippen LogP contribution in [0, 0.1) is 5.92 Å². The SMILES string of the molecule is CC1CC(CN)CN1C(=O)CCc1nc2ccccc2s1. The van der Waals surface area contributed by atoms with Gasteiger partial charge in [-0.15, -0.1) is 11.3 Å². The number of likely N-dealkylation sites (tertiary alicyclic amines) is 1. The lowest BCUT2D eigenvalue weighted by atomic mass is 10.1. The molecule has 2 N–H and O–H groups in total. The summed E-state index contributed by atoms with van der Waals surface area (Å²) < 4.78 is 1.19. The number of carbonyl (C=O) groups excluding carboxylic acids is 1. The maximum atomic E-state index is 12.4. The van der Waals surface area contributed by atoms with Crippen LogP contribution in [0.25, 0.3) is 10.2 Å². The molecule has 2 heterocycles. The Labute approximate surface area is 129 Å². The fraction of sp³-hybridized carbons (Fsp3) is 0.500. The summed E-state index contributed by atoms with van der Waals surface area (Å²) in [4.78, 5) is 18.9. The van der Waals surface area contributed by atoms with Crippen molar-refractivity contribution in [2.24, 2.45) is 11.7 Å². The maximum Gasteiger partial charge on any atom is 0.223 e. The number of aryl methyl sites for hydroxylation is 1. The van der Waals surface area contributed by atoms with Gasteiger partial charge in [0, 0.05) is 25.4 Å². The van der Waals surface area contributed by atoms with E-state index in [1.807, 2.05) is 23.1 Å². The summed E-state index contributed by atoms with van der Waals surface area (Å²) in [6.45, 7) is 3.60. The average Bonchev–Trinajstić information content (AvgIpc) is 3.07. The highest BCUT2D eigenvalue weighted by molar-refractivity contribution is 7.18. The number of fused-ring (bicyclic) bond motifs is 1. The largest absolute Gasteiger partial charge is 0.340 e. The van der Waals surface area contributed by atoms with Crippen molar-refractivity contribution in [3.05, 3.63) is 29.3 Å². The molecule has 1 aliphatic heterocycles. The third kappa shape index (κ3) is 3.09. The van der Waals surface area contributed by atoms with Gasteiger partial charge in [0.15, 0.2) is 0 Å². The Hall–Kier alpha value is -1.46. The van der Waals surface area contributed by atoms with Crippen LogP contribution < -0.4 is 5.73 Å². The van der Waals surface area contributed by atoms with Gasteiger partial charge in [0.1, 0.15) is 0 Å². The molecule has 2 atom stereocenters. The molecule has 0 radical (unpaired) electrons. The van der Waals surface area contributed by atoms with Crippen LogP contribution in [0.5, 0.6) is 0 Å². The highest BCUT2D eigenvalue weighted by atomic mass is 32.1. The molecule has 112 valence electrons. The molecule has 0 bridgehead atoms. The summed E-state index contributed by atoms with van der Waals surface area (Å²) >= 11 is 1.69. The highest BCUT2D eigenvalue weighted by Gasteiger charge is 2.31. The summed E-state index contributed by atoms with van der Waals surface area (Å²) in [5, 5.41) is 1.05. The van der Waals surface area contributed by atoms with E-state index in [9.17, 15) is 4.79 Å². The van der Waals surface area contributed by atoms with Crippen LogP contribution in [0.1, 0.15) is 24.8 Å². The molecular weight excluding hydrogens is 282 g/mol. The maximum absolute atomic E-state index is 12.4. The van der Waals surface area contributed by atoms with E-state index in [1.54, 1.807) is 11.3 Å². The number of carbonyl (C=O) groups is 1. The lowest BCUT2D eigenvalue weighted by Gasteiger charge is -2.21. The van der Waals surface area contributed by atoms with Gasteiger partial charge < -0.3 is 10.6 Å². The van der Waals surface area contributed by atoms with Crippen molar-refractivity contribution in [1.29, 1.82) is 0 Å². The molecule has 1 aliphatic rings. The second-order valence-corrected chi connectivity index (χ2v) is 6.92. The normalized spacial score (nSPS) is 22.1. The van der Waals surface area contributed by atoms with E-state index in [1.165, 1.54) is 4.70 Å². The van der Waals surface area contributed by atoms with Gasteiger partial charge in [-0.2, -0.15) is 0 Å². The lowest BCUT2D eigenvalue weighted by molar-refractivity contribution is -0.131. The third-order valence-electron chi connectivity index (χ3n) is 4.21. The first-order valence-electron chi connectivity index (χ1n) is 7.51. The van der Waals surface area contributed by atoms with Crippen LogP contribution >= 0.6 is 11.3 Å². The van der Waals surface area contributed by atoms with Crippen molar-refractivity contribution in [2.75, 3.05) is 13.1 Å². The topological polar surface area (TPSA) is 59.2 Å². The third-order valence-corrected chi connectivity index (χ3v) is 5.30. The minimum absolute atomic E-state index is 0.234. The molecular formula is C16H21N3OS. The number of para-hydroxylation sites is 1. The number of amides is 1. The number of nitrogens with zero attached hydrogens (tertiary/aromatic N) is 2. The number of benzene rings is 1. The van der Waals surface area contributed by atoms with E-state index in [4.69, 9.17) is 5.73 Å². The molecule has 5 heteroatoms. The lowest BCUT2D eigenvalue weighted by Crippen LogP contribution is -2.34. The number of thiazole rings is 1. The van der Waals surface area contributed by atoms with Crippen LogP contribution in [0.3, 0.4) is 0 Å². The molecule has 4 nitrogen and oxygen atoms in total. The van der Waals surface area contributed by atoms with Crippen LogP contribution in [0.15, 0.2) is 24.3 Å². The second-order valence-electron chi connectivity index (χ2n) is 5.81. The van der Waals surface area contributed by atoms with E-state index in [0.717, 1.165) is 29.9 Å². The van der Waals surface area contributed by atoms with Gasteiger partial charge >= 0.3 is 0 Å². The monoisotopic (exact) mass is 303 g/mol. The predicted molar refractivity (Wildman–Crippen MR) is 86.3 cm³/mol. The molecule has 1 fully saturated rings. The Morgan fingerprint density at radius 1 is 1.48 bits per heavy atom. The standard InChI is InChI=1S/C16H21N3OS/c1-11-8-12(9-17)10-19(11)16(20)7-6-15-18-13-4-2-3-5-14(13)21-15/h2-5,11-12H,6-10,17H2,1H3. The summed E-state index contributed by atoms with van der Waals surface area (Å²) in [5.41, 5.74) is 6.75. The summed E-state index contributed by atoms with van der Waals surface area (Å²) in [7, 11) is 0. The first kappa shape index (κ1) is 14.5. The summed E-state index contributed by atoms with van der Waals surface area (Å²) in [6.07, 6.45) is 2.31. The molecule has 0 aliphatic carbocycles. The first-order chi connectivity index (χ1) is 10.2. The fourth-order valence-corrected chi connectivity index (χ4v) is 4.01. The van der Waals surface area contributed by atoms with Crippen LogP contribution in [-0.2, 0) is 11.2 Å². The molecule has 3 rings (SSSR count).